The number of anilines is 1. The van der Waals surface area contributed by atoms with Gasteiger partial charge >= 0.3 is 0 Å². The molecule has 0 aliphatic carbocycles. The van der Waals surface area contributed by atoms with Crippen LogP contribution >= 0.6 is 0 Å². The van der Waals surface area contributed by atoms with Gasteiger partial charge in [-0.05, 0) is 19.1 Å². The van der Waals surface area contributed by atoms with Gasteiger partial charge < -0.3 is 15.7 Å². The SMILES string of the molecule is CC(CO)N(C)C(=O)c1cc(N)nc2ccccc12. The number of carbonyl (C=O) groups is 1. The van der Waals surface area contributed by atoms with Gasteiger partial charge in [0.1, 0.15) is 5.82 Å². The van der Waals surface area contributed by atoms with E-state index in [1.807, 2.05) is 24.3 Å². The van der Waals surface area contributed by atoms with E-state index in [2.05, 4.69) is 4.98 Å². The Labute approximate surface area is 111 Å². The molecule has 2 aromatic rings. The Bertz CT molecular complexity index is 613. The number of para-hydroxylation sites is 1. The highest BCUT2D eigenvalue weighted by molar-refractivity contribution is 6.06. The number of aliphatic hydroxyl groups excluding tert-OH is 1. The van der Waals surface area contributed by atoms with Crippen molar-refractivity contribution in [3.8, 4) is 0 Å². The molecule has 0 bridgehead atoms. The quantitative estimate of drug-likeness (QED) is 0.870. The third-order valence-corrected chi connectivity index (χ3v) is 3.21. The lowest BCUT2D eigenvalue weighted by molar-refractivity contribution is 0.0684. The Morgan fingerprint density at radius 2 is 2.16 bits per heavy atom. The molecule has 1 atom stereocenters. The molecule has 0 aliphatic rings. The van der Waals surface area contributed by atoms with E-state index in [0.29, 0.717) is 16.9 Å². The predicted octanol–water partition coefficient (Wildman–Crippen LogP) is 1.27. The molecule has 5 nitrogen and oxygen atoms in total. The molecular weight excluding hydrogens is 242 g/mol. The highest BCUT2D eigenvalue weighted by Gasteiger charge is 2.19. The second kappa shape index (κ2) is 5.24. The van der Waals surface area contributed by atoms with Crippen molar-refractivity contribution in [3.05, 3.63) is 35.9 Å². The van der Waals surface area contributed by atoms with Crippen molar-refractivity contribution < 1.29 is 9.90 Å². The summed E-state index contributed by atoms with van der Waals surface area (Å²) in [7, 11) is 1.66. The van der Waals surface area contributed by atoms with Crippen molar-refractivity contribution in [1.82, 2.24) is 9.88 Å². The molecule has 19 heavy (non-hydrogen) atoms. The minimum atomic E-state index is -0.249. The number of nitrogens with two attached hydrogens (primary N) is 1. The molecule has 100 valence electrons. The number of amides is 1. The number of nitrogen functional groups attached to an aromatic ring is 1. The molecule has 1 aromatic heterocycles. The number of carbonyl (C=O) groups excluding carboxylic acids is 1. The largest absolute Gasteiger partial charge is 0.394 e. The Morgan fingerprint density at radius 1 is 1.47 bits per heavy atom. The summed E-state index contributed by atoms with van der Waals surface area (Å²) in [5.41, 5.74) is 6.94. The Balaban J connectivity index is 2.53. The summed E-state index contributed by atoms with van der Waals surface area (Å²) in [6, 6.07) is 8.69. The normalized spacial score (nSPS) is 12.4. The summed E-state index contributed by atoms with van der Waals surface area (Å²) in [5.74, 6) is 0.138. The van der Waals surface area contributed by atoms with Gasteiger partial charge in [-0.25, -0.2) is 4.98 Å². The predicted molar refractivity (Wildman–Crippen MR) is 74.8 cm³/mol. The molecule has 1 aromatic carbocycles. The van der Waals surface area contributed by atoms with Crippen LogP contribution in [-0.4, -0.2) is 40.6 Å². The average molecular weight is 259 g/mol. The maximum Gasteiger partial charge on any atom is 0.254 e. The van der Waals surface area contributed by atoms with Gasteiger partial charge in [-0.3, -0.25) is 4.79 Å². The molecule has 0 saturated heterocycles. The van der Waals surface area contributed by atoms with Crippen molar-refractivity contribution in [1.29, 1.82) is 0 Å². The van der Waals surface area contributed by atoms with Crippen molar-refractivity contribution in [3.63, 3.8) is 0 Å². The van der Waals surface area contributed by atoms with Crippen LogP contribution in [0, 0.1) is 0 Å². The van der Waals surface area contributed by atoms with Crippen LogP contribution in [0.25, 0.3) is 10.9 Å². The zero-order valence-corrected chi connectivity index (χ0v) is 11.0. The van der Waals surface area contributed by atoms with Crippen LogP contribution in [0.3, 0.4) is 0 Å². The number of hydrogen-bond acceptors (Lipinski definition) is 4. The van der Waals surface area contributed by atoms with Gasteiger partial charge in [0.2, 0.25) is 0 Å². The van der Waals surface area contributed by atoms with Crippen molar-refractivity contribution in [2.75, 3.05) is 19.4 Å². The molecule has 0 fully saturated rings. The third kappa shape index (κ3) is 2.51. The van der Waals surface area contributed by atoms with Crippen molar-refractivity contribution >= 4 is 22.6 Å². The number of aliphatic hydroxyl groups is 1. The molecular formula is C14H17N3O2. The fourth-order valence-corrected chi connectivity index (χ4v) is 1.89. The Kier molecular flexibility index (Phi) is 3.66. The van der Waals surface area contributed by atoms with Gasteiger partial charge in [-0.1, -0.05) is 18.2 Å². The molecule has 0 spiro atoms. The van der Waals surface area contributed by atoms with Crippen LogP contribution in [0.2, 0.25) is 0 Å². The number of hydrogen-bond donors (Lipinski definition) is 2. The van der Waals surface area contributed by atoms with Gasteiger partial charge in [0, 0.05) is 12.4 Å². The molecule has 1 unspecified atom stereocenters. The number of fused-ring (bicyclic) bond motifs is 1. The van der Waals surface area contributed by atoms with Gasteiger partial charge in [0.05, 0.1) is 23.7 Å². The number of rotatable bonds is 3. The zero-order valence-electron chi connectivity index (χ0n) is 11.0. The first kappa shape index (κ1) is 13.3. The molecule has 5 heteroatoms. The van der Waals surface area contributed by atoms with Crippen LogP contribution in [0.4, 0.5) is 5.82 Å². The number of nitrogens with zero attached hydrogens (tertiary/aromatic N) is 2. The lowest BCUT2D eigenvalue weighted by Gasteiger charge is -2.23. The number of pyridine rings is 1. The van der Waals surface area contributed by atoms with Gasteiger partial charge in [-0.2, -0.15) is 0 Å². The smallest absolute Gasteiger partial charge is 0.254 e. The lowest BCUT2D eigenvalue weighted by Crippen LogP contribution is -2.37. The number of benzene rings is 1. The minimum absolute atomic E-state index is 0.0826. The van der Waals surface area contributed by atoms with Gasteiger partial charge in [0.25, 0.3) is 5.91 Å². The highest BCUT2D eigenvalue weighted by Crippen LogP contribution is 2.21. The number of aromatic nitrogens is 1. The topological polar surface area (TPSA) is 79.5 Å². The van der Waals surface area contributed by atoms with Crippen LogP contribution in [0.1, 0.15) is 17.3 Å². The summed E-state index contributed by atoms with van der Waals surface area (Å²) in [5, 5.41) is 9.90. The Morgan fingerprint density at radius 3 is 2.84 bits per heavy atom. The minimum Gasteiger partial charge on any atom is -0.394 e. The molecule has 3 N–H and O–H groups in total. The fraction of sp³-hybridized carbons (Fsp3) is 0.286. The van der Waals surface area contributed by atoms with E-state index in [0.717, 1.165) is 5.39 Å². The number of likely N-dealkylation sites (N-methyl/N-ethyl adjacent to an activating group) is 1. The fourth-order valence-electron chi connectivity index (χ4n) is 1.89. The molecule has 1 amide bonds. The summed E-state index contributed by atoms with van der Waals surface area (Å²) in [4.78, 5) is 18.1. The third-order valence-electron chi connectivity index (χ3n) is 3.21. The van der Waals surface area contributed by atoms with Crippen LogP contribution < -0.4 is 5.73 Å². The standard InChI is InChI=1S/C14H17N3O2/c1-9(8-18)17(2)14(19)11-7-13(15)16-12-6-4-3-5-10(11)12/h3-7,9,18H,8H2,1-2H3,(H2,15,16). The van der Waals surface area contributed by atoms with E-state index < -0.39 is 0 Å². The molecule has 0 aliphatic heterocycles. The zero-order chi connectivity index (χ0) is 14.0. The van der Waals surface area contributed by atoms with E-state index in [1.165, 1.54) is 4.90 Å². The summed E-state index contributed by atoms with van der Waals surface area (Å²) in [6.07, 6.45) is 0. The average Bonchev–Trinajstić information content (AvgIpc) is 2.43. The van der Waals surface area contributed by atoms with Crippen molar-refractivity contribution in [2.45, 2.75) is 13.0 Å². The first-order chi connectivity index (χ1) is 9.04. The molecule has 0 saturated carbocycles. The molecule has 2 rings (SSSR count). The second-order valence-electron chi connectivity index (χ2n) is 4.56. The monoisotopic (exact) mass is 259 g/mol. The van der Waals surface area contributed by atoms with E-state index in [-0.39, 0.29) is 18.6 Å². The van der Waals surface area contributed by atoms with Gasteiger partial charge in [0.15, 0.2) is 0 Å². The second-order valence-corrected chi connectivity index (χ2v) is 4.56. The summed E-state index contributed by atoms with van der Waals surface area (Å²) in [6.45, 7) is 1.70. The summed E-state index contributed by atoms with van der Waals surface area (Å²) >= 11 is 0. The Hall–Kier alpha value is -2.14. The highest BCUT2D eigenvalue weighted by atomic mass is 16.3. The maximum atomic E-state index is 12.4. The van der Waals surface area contributed by atoms with E-state index in [1.54, 1.807) is 20.0 Å². The lowest BCUT2D eigenvalue weighted by atomic mass is 10.1. The first-order valence-electron chi connectivity index (χ1n) is 6.08. The summed E-state index contributed by atoms with van der Waals surface area (Å²) < 4.78 is 0. The van der Waals surface area contributed by atoms with E-state index >= 15 is 0 Å². The van der Waals surface area contributed by atoms with Crippen molar-refractivity contribution in [2.24, 2.45) is 0 Å². The van der Waals surface area contributed by atoms with E-state index in [9.17, 15) is 4.79 Å². The maximum absolute atomic E-state index is 12.4. The molecule has 1 heterocycles. The van der Waals surface area contributed by atoms with Crippen LogP contribution in [-0.2, 0) is 0 Å². The molecule has 0 radical (unpaired) electrons. The van der Waals surface area contributed by atoms with Crippen LogP contribution in [0.5, 0.6) is 0 Å². The van der Waals surface area contributed by atoms with Crippen LogP contribution in [0.15, 0.2) is 30.3 Å². The van der Waals surface area contributed by atoms with E-state index in [4.69, 9.17) is 10.8 Å². The first-order valence-corrected chi connectivity index (χ1v) is 6.08. The van der Waals surface area contributed by atoms with Gasteiger partial charge in [-0.15, -0.1) is 0 Å².